The van der Waals surface area contributed by atoms with Crippen LogP contribution in [0, 0.1) is 0 Å². The minimum atomic E-state index is -0.739. The van der Waals surface area contributed by atoms with Crippen LogP contribution in [-0.4, -0.2) is 70.9 Å². The predicted molar refractivity (Wildman–Crippen MR) is 149 cm³/mol. The van der Waals surface area contributed by atoms with Crippen molar-refractivity contribution in [3.63, 3.8) is 0 Å². The molecule has 4 rings (SSSR count). The van der Waals surface area contributed by atoms with E-state index in [1.807, 2.05) is 13.0 Å². The quantitative estimate of drug-likeness (QED) is 0.318. The van der Waals surface area contributed by atoms with Gasteiger partial charge in [0, 0.05) is 43.6 Å². The van der Waals surface area contributed by atoms with Crippen LogP contribution in [0.5, 0.6) is 5.75 Å². The lowest BCUT2D eigenvalue weighted by Gasteiger charge is -2.30. The van der Waals surface area contributed by atoms with Gasteiger partial charge in [0.2, 0.25) is 0 Å². The van der Waals surface area contributed by atoms with E-state index in [2.05, 4.69) is 25.8 Å². The summed E-state index contributed by atoms with van der Waals surface area (Å²) >= 11 is -0.739. The van der Waals surface area contributed by atoms with Gasteiger partial charge < -0.3 is 34.4 Å². The molecule has 1 atom stereocenters. The van der Waals surface area contributed by atoms with E-state index in [9.17, 15) is 14.1 Å². The summed E-state index contributed by atoms with van der Waals surface area (Å²) in [6.07, 6.45) is 2.88. The lowest BCUT2D eigenvalue weighted by molar-refractivity contribution is 0.0693. The maximum Gasteiger partial charge on any atom is 0.407 e. The molecule has 1 aliphatic heterocycles. The molecule has 0 radical (unpaired) electrons. The molecular weight excluding hydrogens is 522 g/mol. The number of carbonyl (C=O) groups is 2. The second kappa shape index (κ2) is 13.9. The number of benzene rings is 2. The Bertz CT molecular complexity index is 1230. The summed E-state index contributed by atoms with van der Waals surface area (Å²) in [6, 6.07) is 12.0. The summed E-state index contributed by atoms with van der Waals surface area (Å²) < 4.78 is 27.9. The van der Waals surface area contributed by atoms with Crippen molar-refractivity contribution in [3.8, 4) is 17.1 Å². The van der Waals surface area contributed by atoms with Gasteiger partial charge in [-0.25, -0.2) is 14.6 Å². The van der Waals surface area contributed by atoms with Crippen LogP contribution in [0.1, 0.15) is 18.9 Å². The highest BCUT2D eigenvalue weighted by Gasteiger charge is 2.23. The molecule has 12 heteroatoms. The number of rotatable bonds is 10. The summed E-state index contributed by atoms with van der Waals surface area (Å²) in [6.45, 7) is 4.35. The lowest BCUT2D eigenvalue weighted by atomic mass is 10.1. The number of carbonyl (C=O) groups excluding carboxylic acids is 2. The average molecular weight is 556 g/mol. The Hall–Kier alpha value is -3.74. The molecule has 11 nitrogen and oxygen atoms in total. The van der Waals surface area contributed by atoms with E-state index < -0.39 is 23.3 Å². The van der Waals surface area contributed by atoms with Crippen LogP contribution in [0.15, 0.2) is 59.5 Å². The van der Waals surface area contributed by atoms with Gasteiger partial charge in [-0.3, -0.25) is 4.90 Å². The summed E-state index contributed by atoms with van der Waals surface area (Å²) in [5.74, 6) is 2.41. The highest BCUT2D eigenvalue weighted by atomic mass is 32.2. The number of urea groups is 1. The van der Waals surface area contributed by atoms with Gasteiger partial charge in [0.15, 0.2) is 12.2 Å². The average Bonchev–Trinajstić information content (AvgIpc) is 3.47. The first-order valence-corrected chi connectivity index (χ1v) is 14.2. The fraction of sp³-hybridized carbons (Fsp3) is 0.370. The fourth-order valence-corrected chi connectivity index (χ4v) is 5.26. The van der Waals surface area contributed by atoms with Crippen molar-refractivity contribution in [1.29, 1.82) is 0 Å². The Balaban J connectivity index is 1.26. The Morgan fingerprint density at radius 1 is 1.15 bits per heavy atom. The molecule has 3 N–H and O–H groups in total. The molecule has 0 aliphatic carbocycles. The van der Waals surface area contributed by atoms with Crippen molar-refractivity contribution in [2.45, 2.75) is 26.0 Å². The van der Waals surface area contributed by atoms with Gasteiger partial charge >= 0.3 is 12.1 Å². The normalized spacial score (nSPS) is 14.8. The summed E-state index contributed by atoms with van der Waals surface area (Å²) in [7, 11) is 1.54. The Morgan fingerprint density at radius 3 is 2.62 bits per heavy atom. The maximum atomic E-state index is 12.6. The number of aromatic nitrogens is 1. The van der Waals surface area contributed by atoms with E-state index in [0.29, 0.717) is 52.9 Å². The Morgan fingerprint density at radius 2 is 1.92 bits per heavy atom. The number of anilines is 2. The molecule has 3 aromatic rings. The number of nitrogens with one attached hydrogen (secondary N) is 3. The van der Waals surface area contributed by atoms with Crippen LogP contribution < -0.4 is 20.7 Å². The first-order valence-electron chi connectivity index (χ1n) is 12.7. The van der Waals surface area contributed by atoms with Gasteiger partial charge in [0.25, 0.3) is 0 Å². The van der Waals surface area contributed by atoms with Crippen LogP contribution >= 0.6 is 0 Å². The third kappa shape index (κ3) is 8.37. The number of ether oxygens (including phenoxy) is 2. The van der Waals surface area contributed by atoms with Crippen LogP contribution in [0.4, 0.5) is 21.0 Å². The zero-order valence-electron chi connectivity index (χ0n) is 22.0. The number of hydrogen-bond acceptors (Lipinski definition) is 8. The molecule has 208 valence electrons. The molecule has 0 saturated carbocycles. The van der Waals surface area contributed by atoms with Crippen LogP contribution in [0.3, 0.4) is 0 Å². The molecule has 1 saturated heterocycles. The van der Waals surface area contributed by atoms with E-state index in [0.717, 1.165) is 18.7 Å². The molecule has 39 heavy (non-hydrogen) atoms. The predicted octanol–water partition coefficient (Wildman–Crippen LogP) is 4.06. The van der Waals surface area contributed by atoms with Crippen LogP contribution in [0.25, 0.3) is 11.3 Å². The number of alkyl carbamates (subject to hydrolysis) is 1. The van der Waals surface area contributed by atoms with E-state index in [1.165, 1.54) is 13.5 Å². The van der Waals surface area contributed by atoms with E-state index in [4.69, 9.17) is 13.9 Å². The highest BCUT2D eigenvalue weighted by Crippen LogP contribution is 2.32. The van der Waals surface area contributed by atoms with Crippen LogP contribution in [0.2, 0.25) is 0 Å². The maximum absolute atomic E-state index is 12.6. The zero-order valence-corrected chi connectivity index (χ0v) is 22.8. The fourth-order valence-electron chi connectivity index (χ4n) is 4.14. The molecule has 1 aliphatic rings. The topological polar surface area (TPSA) is 141 Å². The Labute approximate surface area is 230 Å². The first kappa shape index (κ1) is 28.3. The van der Waals surface area contributed by atoms with Gasteiger partial charge in [-0.2, -0.15) is 0 Å². The van der Waals surface area contributed by atoms with E-state index in [1.54, 1.807) is 42.6 Å². The summed E-state index contributed by atoms with van der Waals surface area (Å²) in [5, 5.41) is 8.36. The van der Waals surface area contributed by atoms with Crippen molar-refractivity contribution in [3.05, 3.63) is 60.6 Å². The first-order chi connectivity index (χ1) is 18.9. The van der Waals surface area contributed by atoms with Crippen molar-refractivity contribution < 1.29 is 28.0 Å². The van der Waals surface area contributed by atoms with Gasteiger partial charge in [-0.05, 0) is 36.2 Å². The molecule has 3 amide bonds. The molecule has 0 spiro atoms. The van der Waals surface area contributed by atoms with E-state index >= 15 is 0 Å². The van der Waals surface area contributed by atoms with Crippen LogP contribution in [-0.2, 0) is 22.5 Å². The van der Waals surface area contributed by atoms with Gasteiger partial charge in [-0.1, -0.05) is 30.2 Å². The molecule has 2 aromatic carbocycles. The van der Waals surface area contributed by atoms with E-state index in [-0.39, 0.29) is 12.6 Å². The van der Waals surface area contributed by atoms with Crippen molar-refractivity contribution in [1.82, 2.24) is 15.2 Å². The minimum Gasteiger partial charge on any atom is -0.616 e. The third-order valence-corrected chi connectivity index (χ3v) is 7.52. The molecule has 1 aromatic heterocycles. The van der Waals surface area contributed by atoms with Crippen molar-refractivity contribution in [2.24, 2.45) is 0 Å². The smallest absolute Gasteiger partial charge is 0.407 e. The Kier molecular flexibility index (Phi) is 10.1. The molecule has 2 heterocycles. The number of nitrogens with zero attached hydrogens (tertiary/aromatic N) is 2. The van der Waals surface area contributed by atoms with Gasteiger partial charge in [0.05, 0.1) is 18.9 Å². The van der Waals surface area contributed by atoms with Gasteiger partial charge in [-0.15, -0.1) is 0 Å². The molecular formula is C27H33N5O6S. The van der Waals surface area contributed by atoms with Crippen molar-refractivity contribution in [2.75, 3.05) is 48.9 Å². The standard InChI is InChI=1S/C27H33N5O6S/c1-3-22(17-32-9-11-39(35)12-10-32)38-27(34)29-15-19-5-4-6-20(13-19)30-26(33)31-21-7-8-23(24(14-21)36-2)25-16-28-18-37-25/h4-8,13-14,16,18,22H,3,9-12,15,17H2,1-2H3,(H,29,34)(H2,30,31,33). The number of methoxy groups -OCH3 is 1. The summed E-state index contributed by atoms with van der Waals surface area (Å²) in [4.78, 5) is 31.1. The second-order valence-electron chi connectivity index (χ2n) is 9.00. The SMILES string of the molecule is CCC(CN1CC[S+]([O-])CC1)OC(=O)NCc1cccc(NC(=O)Nc2ccc(-c3cnco3)c(OC)c2)c1. The molecule has 1 unspecified atom stereocenters. The molecule has 0 bridgehead atoms. The number of amides is 3. The van der Waals surface area contributed by atoms with Gasteiger partial charge in [0.1, 0.15) is 23.4 Å². The monoisotopic (exact) mass is 555 g/mol. The third-order valence-electron chi connectivity index (χ3n) is 6.24. The number of hydrogen-bond donors (Lipinski definition) is 3. The minimum absolute atomic E-state index is 0.239. The summed E-state index contributed by atoms with van der Waals surface area (Å²) in [5.41, 5.74) is 2.62. The van der Waals surface area contributed by atoms with Crippen molar-refractivity contribution >= 4 is 34.7 Å². The number of oxazole rings is 1. The largest absolute Gasteiger partial charge is 0.616 e. The molecule has 1 fully saturated rings. The highest BCUT2D eigenvalue weighted by molar-refractivity contribution is 7.91. The zero-order chi connectivity index (χ0) is 27.6. The second-order valence-corrected chi connectivity index (χ2v) is 10.7. The lowest BCUT2D eigenvalue weighted by Crippen LogP contribution is -2.45.